The number of ether oxygens (including phenoxy) is 1. The fourth-order valence-electron chi connectivity index (χ4n) is 1.12. The fraction of sp³-hybridized carbons (Fsp3) is 0.100. The summed E-state index contributed by atoms with van der Waals surface area (Å²) in [6.45, 7) is 0. The van der Waals surface area contributed by atoms with Gasteiger partial charge in [0.15, 0.2) is 0 Å². The van der Waals surface area contributed by atoms with Crippen molar-refractivity contribution in [3.63, 3.8) is 0 Å². The van der Waals surface area contributed by atoms with Gasteiger partial charge in [0.05, 0.1) is 13.2 Å². The Hall–Kier alpha value is -1.77. The predicted octanol–water partition coefficient (Wildman–Crippen LogP) is 1.60. The summed E-state index contributed by atoms with van der Waals surface area (Å²) in [5.41, 5.74) is 0.0452. The van der Waals surface area contributed by atoms with Gasteiger partial charge in [0.1, 0.15) is 11.3 Å². The highest BCUT2D eigenvalue weighted by molar-refractivity contribution is 5.77. The average Bonchev–Trinajstić information content (AvgIpc) is 2.16. The van der Waals surface area contributed by atoms with Gasteiger partial charge in [-0.05, 0) is 18.2 Å². The lowest BCUT2D eigenvalue weighted by Crippen LogP contribution is -1.95. The Balaban J connectivity index is 2.75. The van der Waals surface area contributed by atoms with Crippen molar-refractivity contribution in [2.24, 2.45) is 0 Å². The van der Waals surface area contributed by atoms with Crippen molar-refractivity contribution in [2.45, 2.75) is 0 Å². The second-order valence-electron chi connectivity index (χ2n) is 2.58. The van der Waals surface area contributed by atoms with E-state index in [2.05, 4.69) is 6.07 Å². The van der Waals surface area contributed by atoms with E-state index in [1.54, 1.807) is 25.3 Å². The lowest BCUT2D eigenvalue weighted by molar-refractivity contribution is 0.414. The molecule has 0 bridgehead atoms. The van der Waals surface area contributed by atoms with Crippen LogP contribution in [-0.2, 0) is 0 Å². The molecule has 1 aromatic carbocycles. The van der Waals surface area contributed by atoms with E-state index in [0.29, 0.717) is 11.3 Å². The maximum absolute atomic E-state index is 10.8. The molecule has 0 aliphatic heterocycles. The van der Waals surface area contributed by atoms with Crippen molar-refractivity contribution < 1.29 is 9.15 Å². The monoisotopic (exact) mass is 175 g/mol. The first-order valence-corrected chi connectivity index (χ1v) is 3.79. The molecule has 0 fully saturated rings. The van der Waals surface area contributed by atoms with E-state index in [0.717, 1.165) is 5.39 Å². The molecule has 0 N–H and O–H groups in total. The second kappa shape index (κ2) is 2.94. The minimum atomic E-state index is -0.472. The molecule has 0 saturated heterocycles. The molecule has 2 aromatic rings. The molecule has 3 nitrogen and oxygen atoms in total. The topological polar surface area (TPSA) is 39.4 Å². The molecule has 13 heavy (non-hydrogen) atoms. The smallest absolute Gasteiger partial charge is 0.344 e. The minimum absolute atomic E-state index is 0.472. The molecule has 0 aliphatic carbocycles. The Morgan fingerprint density at radius 3 is 3.08 bits per heavy atom. The SMILES string of the molecule is COc1ccc2c[c]c(=O)oc2c1. The van der Waals surface area contributed by atoms with E-state index < -0.39 is 5.63 Å². The minimum Gasteiger partial charge on any atom is -0.497 e. The van der Waals surface area contributed by atoms with Crippen LogP contribution in [0.1, 0.15) is 0 Å². The number of fused-ring (bicyclic) bond motifs is 1. The number of hydrogen-bond donors (Lipinski definition) is 0. The second-order valence-corrected chi connectivity index (χ2v) is 2.58. The fourth-order valence-corrected chi connectivity index (χ4v) is 1.12. The highest BCUT2D eigenvalue weighted by Crippen LogP contribution is 2.18. The molecule has 3 heteroatoms. The van der Waals surface area contributed by atoms with Crippen LogP contribution in [0, 0.1) is 6.07 Å². The first-order valence-electron chi connectivity index (χ1n) is 3.79. The van der Waals surface area contributed by atoms with Crippen LogP contribution in [-0.4, -0.2) is 7.11 Å². The lowest BCUT2D eigenvalue weighted by atomic mass is 10.2. The standard InChI is InChI=1S/C10H7O3/c1-12-8-4-2-7-3-5-10(11)13-9(7)6-8/h2-4,6H,1H3. The zero-order chi connectivity index (χ0) is 9.26. The van der Waals surface area contributed by atoms with E-state index in [4.69, 9.17) is 9.15 Å². The van der Waals surface area contributed by atoms with Gasteiger partial charge < -0.3 is 9.15 Å². The maximum Gasteiger partial charge on any atom is 0.344 e. The number of benzene rings is 1. The Labute approximate surface area is 74.6 Å². The van der Waals surface area contributed by atoms with Gasteiger partial charge in [-0.25, -0.2) is 4.79 Å². The van der Waals surface area contributed by atoms with E-state index in [1.807, 2.05) is 6.07 Å². The third-order valence-electron chi connectivity index (χ3n) is 1.77. The Morgan fingerprint density at radius 2 is 2.31 bits per heavy atom. The molecule has 0 saturated carbocycles. The first-order chi connectivity index (χ1) is 6.29. The summed E-state index contributed by atoms with van der Waals surface area (Å²) in [5.74, 6) is 0.668. The highest BCUT2D eigenvalue weighted by atomic mass is 16.5. The largest absolute Gasteiger partial charge is 0.497 e. The van der Waals surface area contributed by atoms with E-state index in [9.17, 15) is 4.79 Å². The summed E-state index contributed by atoms with van der Waals surface area (Å²) < 4.78 is 9.90. The van der Waals surface area contributed by atoms with Gasteiger partial charge in [-0.3, -0.25) is 0 Å². The van der Waals surface area contributed by atoms with Gasteiger partial charge >= 0.3 is 5.63 Å². The third-order valence-corrected chi connectivity index (χ3v) is 1.77. The van der Waals surface area contributed by atoms with Crippen LogP contribution >= 0.6 is 0 Å². The molecular formula is C10H7O3. The van der Waals surface area contributed by atoms with Crippen molar-refractivity contribution in [1.82, 2.24) is 0 Å². The summed E-state index contributed by atoms with van der Waals surface area (Å²) in [5, 5.41) is 0.834. The molecule has 0 spiro atoms. The van der Waals surface area contributed by atoms with Crippen LogP contribution in [0.2, 0.25) is 0 Å². The molecule has 0 amide bonds. The molecule has 1 heterocycles. The van der Waals surface area contributed by atoms with E-state index >= 15 is 0 Å². The zero-order valence-corrected chi connectivity index (χ0v) is 7.03. The molecule has 2 rings (SSSR count). The van der Waals surface area contributed by atoms with Gasteiger partial charge in [0.25, 0.3) is 0 Å². The molecule has 0 atom stereocenters. The molecule has 1 radical (unpaired) electrons. The van der Waals surface area contributed by atoms with Crippen LogP contribution in [0.15, 0.2) is 33.5 Å². The van der Waals surface area contributed by atoms with Crippen LogP contribution < -0.4 is 10.4 Å². The van der Waals surface area contributed by atoms with Crippen LogP contribution in [0.25, 0.3) is 11.0 Å². The molecule has 65 valence electrons. The summed E-state index contributed by atoms with van der Waals surface area (Å²) in [4.78, 5) is 10.8. The summed E-state index contributed by atoms with van der Waals surface area (Å²) in [6, 6.07) is 9.33. The van der Waals surface area contributed by atoms with E-state index in [-0.39, 0.29) is 0 Å². The maximum atomic E-state index is 10.8. The zero-order valence-electron chi connectivity index (χ0n) is 7.03. The Morgan fingerprint density at radius 1 is 1.46 bits per heavy atom. The third kappa shape index (κ3) is 1.40. The number of methoxy groups -OCH3 is 1. The quantitative estimate of drug-likeness (QED) is 0.618. The Kier molecular flexibility index (Phi) is 1.77. The van der Waals surface area contributed by atoms with Gasteiger partial charge in [-0.1, -0.05) is 0 Å². The molecule has 1 aromatic heterocycles. The Bertz CT molecular complexity index is 485. The van der Waals surface area contributed by atoms with Crippen LogP contribution in [0.4, 0.5) is 0 Å². The van der Waals surface area contributed by atoms with Crippen molar-refractivity contribution in [3.05, 3.63) is 40.8 Å². The van der Waals surface area contributed by atoms with Gasteiger partial charge in [-0.15, -0.1) is 0 Å². The van der Waals surface area contributed by atoms with E-state index in [1.165, 1.54) is 0 Å². The van der Waals surface area contributed by atoms with Crippen LogP contribution in [0.3, 0.4) is 0 Å². The first kappa shape index (κ1) is 7.86. The molecule has 0 aliphatic rings. The summed E-state index contributed by atoms with van der Waals surface area (Å²) >= 11 is 0. The van der Waals surface area contributed by atoms with Crippen molar-refractivity contribution in [2.75, 3.05) is 7.11 Å². The van der Waals surface area contributed by atoms with Gasteiger partial charge in [-0.2, -0.15) is 0 Å². The van der Waals surface area contributed by atoms with Gasteiger partial charge in [0, 0.05) is 11.5 Å². The molecule has 0 unspecified atom stereocenters. The summed E-state index contributed by atoms with van der Waals surface area (Å²) in [7, 11) is 1.56. The average molecular weight is 175 g/mol. The van der Waals surface area contributed by atoms with Crippen molar-refractivity contribution in [3.8, 4) is 5.75 Å². The number of hydrogen-bond acceptors (Lipinski definition) is 3. The summed E-state index contributed by atoms with van der Waals surface area (Å²) in [6.07, 6.45) is 0. The lowest BCUT2D eigenvalue weighted by Gasteiger charge is -1.99. The van der Waals surface area contributed by atoms with Crippen molar-refractivity contribution in [1.29, 1.82) is 0 Å². The van der Waals surface area contributed by atoms with Crippen LogP contribution in [0.5, 0.6) is 5.75 Å². The predicted molar refractivity (Wildman–Crippen MR) is 47.9 cm³/mol. The van der Waals surface area contributed by atoms with Crippen molar-refractivity contribution >= 4 is 11.0 Å². The van der Waals surface area contributed by atoms with Gasteiger partial charge in [0.2, 0.25) is 0 Å². The highest BCUT2D eigenvalue weighted by Gasteiger charge is 1.98. The normalized spacial score (nSPS) is 10.2. The molecular weight excluding hydrogens is 168 g/mol. The number of rotatable bonds is 1.